The third kappa shape index (κ3) is 4.44. The Balaban J connectivity index is 1.67. The topological polar surface area (TPSA) is 59.4 Å². The zero-order valence-corrected chi connectivity index (χ0v) is 17.4. The van der Waals surface area contributed by atoms with Crippen molar-refractivity contribution < 1.29 is 23.4 Å². The second-order valence-corrected chi connectivity index (χ2v) is 7.44. The van der Waals surface area contributed by atoms with Gasteiger partial charge in [0, 0.05) is 16.5 Å². The summed E-state index contributed by atoms with van der Waals surface area (Å²) in [4.78, 5) is 16.1. The molecular weight excluding hydrogens is 412 g/mol. The number of aromatic nitrogens is 1. The van der Waals surface area contributed by atoms with Crippen LogP contribution >= 0.6 is 0 Å². The van der Waals surface area contributed by atoms with Crippen molar-refractivity contribution in [1.29, 1.82) is 0 Å². The number of carboxylic acid groups (broad SMARTS) is 1. The molecule has 162 valence electrons. The third-order valence-electron chi connectivity index (χ3n) is 5.20. The molecule has 1 heterocycles. The highest BCUT2D eigenvalue weighted by atomic mass is 19.1. The van der Waals surface area contributed by atoms with Gasteiger partial charge >= 0.3 is 5.97 Å². The molecule has 0 atom stereocenters. The molecule has 6 heteroatoms. The number of hydrogen-bond donors (Lipinski definition) is 1. The number of pyridine rings is 1. The largest absolute Gasteiger partial charge is 0.494 e. The van der Waals surface area contributed by atoms with E-state index in [1.807, 2.05) is 12.1 Å². The standard InChI is InChI=1S/C26H21F2NO3/c1-2-3-12-32-19-8-4-16(5-9-19)20-10-6-17(13-23(20)28)25-15-22(26(30)31)21-14-18(27)7-11-24(21)29-25/h4-11,13-15H,2-3,12H2,1H3,(H,30,31). The van der Waals surface area contributed by atoms with E-state index in [2.05, 4.69) is 11.9 Å². The fourth-order valence-electron chi connectivity index (χ4n) is 3.50. The Bertz CT molecular complexity index is 1290. The molecule has 4 aromatic rings. The van der Waals surface area contributed by atoms with Gasteiger partial charge < -0.3 is 9.84 Å². The molecule has 3 aromatic carbocycles. The second-order valence-electron chi connectivity index (χ2n) is 7.44. The summed E-state index contributed by atoms with van der Waals surface area (Å²) in [5.74, 6) is -1.48. The van der Waals surface area contributed by atoms with Crippen LogP contribution in [-0.4, -0.2) is 22.7 Å². The van der Waals surface area contributed by atoms with Gasteiger partial charge in [0.2, 0.25) is 0 Å². The van der Waals surface area contributed by atoms with Crippen molar-refractivity contribution in [3.63, 3.8) is 0 Å². The van der Waals surface area contributed by atoms with Gasteiger partial charge in [0.1, 0.15) is 17.4 Å². The van der Waals surface area contributed by atoms with Crippen molar-refractivity contribution >= 4 is 16.9 Å². The Morgan fingerprint density at radius 3 is 2.41 bits per heavy atom. The van der Waals surface area contributed by atoms with Gasteiger partial charge in [0.05, 0.1) is 23.4 Å². The number of aromatic carboxylic acids is 1. The summed E-state index contributed by atoms with van der Waals surface area (Å²) in [7, 11) is 0. The number of hydrogen-bond acceptors (Lipinski definition) is 3. The summed E-state index contributed by atoms with van der Waals surface area (Å²) in [6, 6.07) is 16.9. The first-order valence-corrected chi connectivity index (χ1v) is 10.3. The second kappa shape index (κ2) is 9.14. The predicted octanol–water partition coefficient (Wildman–Crippen LogP) is 6.72. The van der Waals surface area contributed by atoms with Gasteiger partial charge in [0.15, 0.2) is 0 Å². The summed E-state index contributed by atoms with van der Waals surface area (Å²) < 4.78 is 34.2. The van der Waals surface area contributed by atoms with E-state index in [9.17, 15) is 18.7 Å². The highest BCUT2D eigenvalue weighted by Gasteiger charge is 2.15. The Hall–Kier alpha value is -3.80. The van der Waals surface area contributed by atoms with Crippen LogP contribution < -0.4 is 4.74 Å². The number of unbranched alkanes of at least 4 members (excludes halogenated alkanes) is 1. The van der Waals surface area contributed by atoms with Gasteiger partial charge in [-0.05, 0) is 54.4 Å². The average molecular weight is 433 g/mol. The molecule has 0 spiro atoms. The van der Waals surface area contributed by atoms with E-state index in [1.54, 1.807) is 24.3 Å². The number of halogens is 2. The summed E-state index contributed by atoms with van der Waals surface area (Å²) >= 11 is 0. The van der Waals surface area contributed by atoms with Crippen LogP contribution in [0.4, 0.5) is 8.78 Å². The first kappa shape index (κ1) is 21.4. The van der Waals surface area contributed by atoms with Crippen LogP contribution in [-0.2, 0) is 0 Å². The van der Waals surface area contributed by atoms with Gasteiger partial charge in [-0.2, -0.15) is 0 Å². The van der Waals surface area contributed by atoms with Crippen LogP contribution in [0.15, 0.2) is 66.7 Å². The van der Waals surface area contributed by atoms with E-state index in [4.69, 9.17) is 4.74 Å². The van der Waals surface area contributed by atoms with Crippen molar-refractivity contribution in [2.24, 2.45) is 0 Å². The van der Waals surface area contributed by atoms with Crippen molar-refractivity contribution in [3.8, 4) is 28.1 Å². The Morgan fingerprint density at radius 2 is 1.72 bits per heavy atom. The van der Waals surface area contributed by atoms with Crippen molar-refractivity contribution in [2.45, 2.75) is 19.8 Å². The van der Waals surface area contributed by atoms with Crippen LogP contribution in [0.25, 0.3) is 33.3 Å². The van der Waals surface area contributed by atoms with Crippen LogP contribution in [0.1, 0.15) is 30.1 Å². The number of ether oxygens (including phenoxy) is 1. The maximum Gasteiger partial charge on any atom is 0.336 e. The number of rotatable bonds is 7. The van der Waals surface area contributed by atoms with Gasteiger partial charge in [0.25, 0.3) is 0 Å². The molecule has 0 unspecified atom stereocenters. The lowest BCUT2D eigenvalue weighted by molar-refractivity contribution is 0.0699. The van der Waals surface area contributed by atoms with E-state index < -0.39 is 17.6 Å². The molecule has 0 bridgehead atoms. The molecule has 0 saturated carbocycles. The summed E-state index contributed by atoms with van der Waals surface area (Å²) in [6.07, 6.45) is 2.02. The number of carboxylic acids is 1. The smallest absolute Gasteiger partial charge is 0.336 e. The third-order valence-corrected chi connectivity index (χ3v) is 5.20. The van der Waals surface area contributed by atoms with Crippen LogP contribution in [0.5, 0.6) is 5.75 Å². The molecule has 4 nitrogen and oxygen atoms in total. The van der Waals surface area contributed by atoms with Crippen molar-refractivity contribution in [3.05, 3.63) is 83.9 Å². The first-order chi connectivity index (χ1) is 15.5. The molecular formula is C26H21F2NO3. The van der Waals surface area contributed by atoms with Crippen LogP contribution in [0.3, 0.4) is 0 Å². The minimum atomic E-state index is -1.21. The van der Waals surface area contributed by atoms with Crippen molar-refractivity contribution in [1.82, 2.24) is 4.98 Å². The van der Waals surface area contributed by atoms with Gasteiger partial charge in [-0.1, -0.05) is 37.6 Å². The zero-order chi connectivity index (χ0) is 22.7. The number of benzene rings is 3. The van der Waals surface area contributed by atoms with Crippen LogP contribution in [0.2, 0.25) is 0 Å². The molecule has 0 fully saturated rings. The zero-order valence-electron chi connectivity index (χ0n) is 17.4. The summed E-state index contributed by atoms with van der Waals surface area (Å²) in [5, 5.41) is 9.74. The molecule has 0 aliphatic rings. The highest BCUT2D eigenvalue weighted by molar-refractivity contribution is 6.03. The molecule has 0 aliphatic heterocycles. The van der Waals surface area contributed by atoms with Crippen molar-refractivity contribution in [2.75, 3.05) is 6.61 Å². The molecule has 0 saturated heterocycles. The maximum absolute atomic E-state index is 15.0. The maximum atomic E-state index is 15.0. The van der Waals surface area contributed by atoms with E-state index in [1.165, 1.54) is 24.3 Å². The van der Waals surface area contributed by atoms with Gasteiger partial charge in [-0.25, -0.2) is 18.6 Å². The minimum Gasteiger partial charge on any atom is -0.494 e. The lowest BCUT2D eigenvalue weighted by atomic mass is 10.00. The monoisotopic (exact) mass is 433 g/mol. The number of carbonyl (C=O) groups is 1. The average Bonchev–Trinajstić information content (AvgIpc) is 2.79. The lowest BCUT2D eigenvalue weighted by Gasteiger charge is -2.10. The Labute approximate surface area is 184 Å². The lowest BCUT2D eigenvalue weighted by Crippen LogP contribution is -2.01. The molecule has 1 N–H and O–H groups in total. The van der Waals surface area contributed by atoms with E-state index in [0.717, 1.165) is 24.7 Å². The molecule has 32 heavy (non-hydrogen) atoms. The SMILES string of the molecule is CCCCOc1ccc(-c2ccc(-c3cc(C(=O)O)c4cc(F)ccc4n3)cc2F)cc1. The molecule has 4 rings (SSSR count). The van der Waals surface area contributed by atoms with E-state index in [0.29, 0.717) is 34.5 Å². The minimum absolute atomic E-state index is 0.0901. The van der Waals surface area contributed by atoms with E-state index >= 15 is 0 Å². The molecule has 0 radical (unpaired) electrons. The Morgan fingerprint density at radius 1 is 0.969 bits per heavy atom. The molecule has 0 aliphatic carbocycles. The fourth-order valence-corrected chi connectivity index (χ4v) is 3.50. The molecule has 0 amide bonds. The summed E-state index contributed by atoms with van der Waals surface area (Å²) in [5.41, 5.74) is 2.07. The highest BCUT2D eigenvalue weighted by Crippen LogP contribution is 2.31. The fraction of sp³-hybridized carbons (Fsp3) is 0.154. The summed E-state index contributed by atoms with van der Waals surface area (Å²) in [6.45, 7) is 2.73. The van der Waals surface area contributed by atoms with E-state index in [-0.39, 0.29) is 10.9 Å². The number of fused-ring (bicyclic) bond motifs is 1. The van der Waals surface area contributed by atoms with Gasteiger partial charge in [-0.3, -0.25) is 0 Å². The Kier molecular flexibility index (Phi) is 6.12. The normalized spacial score (nSPS) is 11.0. The molecule has 1 aromatic heterocycles. The first-order valence-electron chi connectivity index (χ1n) is 10.3. The van der Waals surface area contributed by atoms with Crippen LogP contribution in [0, 0.1) is 11.6 Å². The predicted molar refractivity (Wildman–Crippen MR) is 120 cm³/mol. The van der Waals surface area contributed by atoms with Gasteiger partial charge in [-0.15, -0.1) is 0 Å². The number of nitrogens with zero attached hydrogens (tertiary/aromatic N) is 1. The quantitative estimate of drug-likeness (QED) is 0.329.